The molecule has 1 aromatic carbocycles. The van der Waals surface area contributed by atoms with Crippen LogP contribution in [0.25, 0.3) is 16.5 Å². The number of H-pyrrole nitrogens is 1. The van der Waals surface area contributed by atoms with E-state index in [1.165, 1.54) is 27.9 Å². The number of aromatic nitrogens is 1. The Morgan fingerprint density at radius 2 is 2.00 bits per heavy atom. The first-order valence-corrected chi connectivity index (χ1v) is 11.0. The zero-order chi connectivity index (χ0) is 19.8. The number of likely N-dealkylation sites (tertiary alicyclic amines) is 1. The highest BCUT2D eigenvalue weighted by Gasteiger charge is 2.37. The minimum Gasteiger partial charge on any atom is -0.361 e. The molecule has 3 aromatic rings. The number of nitrogens with zero attached hydrogens (tertiary/aromatic N) is 2. The van der Waals surface area contributed by atoms with Crippen LogP contribution in [0.4, 0.5) is 0 Å². The number of nitrogens with one attached hydrogen (secondary N) is 1. The quantitative estimate of drug-likeness (QED) is 0.712. The third kappa shape index (κ3) is 3.27. The van der Waals surface area contributed by atoms with Crippen LogP contribution in [0, 0.1) is 0 Å². The van der Waals surface area contributed by atoms with Gasteiger partial charge in [0.15, 0.2) is 0 Å². The Balaban J connectivity index is 1.31. The Kier molecular flexibility index (Phi) is 4.72. The van der Waals surface area contributed by atoms with E-state index < -0.39 is 0 Å². The van der Waals surface area contributed by atoms with Gasteiger partial charge in [0.2, 0.25) is 5.91 Å². The van der Waals surface area contributed by atoms with E-state index in [0.29, 0.717) is 24.5 Å². The van der Waals surface area contributed by atoms with Crippen LogP contribution in [-0.2, 0) is 4.79 Å². The van der Waals surface area contributed by atoms with Gasteiger partial charge in [-0.2, -0.15) is 0 Å². The van der Waals surface area contributed by atoms with Gasteiger partial charge in [-0.3, -0.25) is 9.59 Å². The molecule has 1 fully saturated rings. The summed E-state index contributed by atoms with van der Waals surface area (Å²) in [5.41, 5.74) is 3.64. The number of fused-ring (bicyclic) bond motifs is 1. The molecule has 2 aromatic heterocycles. The molecule has 0 saturated carbocycles. The summed E-state index contributed by atoms with van der Waals surface area (Å²) in [6.45, 7) is 1.96. The topological polar surface area (TPSA) is 56.4 Å². The lowest BCUT2D eigenvalue weighted by atomic mass is 9.98. The maximum Gasteiger partial charge on any atom is 0.264 e. The van der Waals surface area contributed by atoms with Crippen molar-refractivity contribution in [1.82, 2.24) is 14.8 Å². The molecule has 2 amide bonds. The molecule has 2 aliphatic rings. The maximum absolute atomic E-state index is 13.2. The number of benzene rings is 1. The SMILES string of the molecule is O=C(C1CCCN1C(=O)c1cccs1)N1CC=C(c2c[nH]c3ccccc23)CC1. The summed E-state index contributed by atoms with van der Waals surface area (Å²) < 4.78 is 0. The molecule has 1 saturated heterocycles. The van der Waals surface area contributed by atoms with Crippen LogP contribution < -0.4 is 0 Å². The van der Waals surface area contributed by atoms with Crippen LogP contribution in [0.3, 0.4) is 0 Å². The highest BCUT2D eigenvalue weighted by Crippen LogP contribution is 2.30. The van der Waals surface area contributed by atoms with Crippen molar-refractivity contribution in [1.29, 1.82) is 0 Å². The lowest BCUT2D eigenvalue weighted by Gasteiger charge is -2.32. The van der Waals surface area contributed by atoms with Crippen molar-refractivity contribution in [2.45, 2.75) is 25.3 Å². The van der Waals surface area contributed by atoms with Gasteiger partial charge in [-0.15, -0.1) is 11.3 Å². The number of para-hydroxylation sites is 1. The molecule has 5 rings (SSSR count). The zero-order valence-electron chi connectivity index (χ0n) is 16.1. The maximum atomic E-state index is 13.2. The van der Waals surface area contributed by atoms with Crippen molar-refractivity contribution in [3.63, 3.8) is 0 Å². The van der Waals surface area contributed by atoms with Crippen LogP contribution in [-0.4, -0.2) is 52.3 Å². The highest BCUT2D eigenvalue weighted by molar-refractivity contribution is 7.12. The van der Waals surface area contributed by atoms with Gasteiger partial charge in [-0.25, -0.2) is 0 Å². The molecule has 6 heteroatoms. The van der Waals surface area contributed by atoms with Crippen LogP contribution in [0.15, 0.2) is 54.1 Å². The number of hydrogen-bond donors (Lipinski definition) is 1. The highest BCUT2D eigenvalue weighted by atomic mass is 32.1. The van der Waals surface area contributed by atoms with E-state index in [1.54, 1.807) is 4.90 Å². The Labute approximate surface area is 173 Å². The van der Waals surface area contributed by atoms with Gasteiger partial charge in [0.05, 0.1) is 4.88 Å². The van der Waals surface area contributed by atoms with Crippen molar-refractivity contribution < 1.29 is 9.59 Å². The lowest BCUT2D eigenvalue weighted by molar-refractivity contribution is -0.134. The molecule has 1 atom stereocenters. The number of carbonyl (C=O) groups is 2. The van der Waals surface area contributed by atoms with Crippen molar-refractivity contribution in [3.05, 3.63) is 64.5 Å². The summed E-state index contributed by atoms with van der Waals surface area (Å²) in [5, 5.41) is 3.13. The van der Waals surface area contributed by atoms with Gasteiger partial charge in [0.1, 0.15) is 6.04 Å². The first-order chi connectivity index (χ1) is 14.2. The molecular formula is C23H23N3O2S. The molecule has 5 nitrogen and oxygen atoms in total. The first kappa shape index (κ1) is 18.2. The normalized spacial score (nSPS) is 19.6. The largest absolute Gasteiger partial charge is 0.361 e. The van der Waals surface area contributed by atoms with Crippen molar-refractivity contribution in [2.24, 2.45) is 0 Å². The molecule has 0 aliphatic carbocycles. The molecule has 29 heavy (non-hydrogen) atoms. The molecule has 0 bridgehead atoms. The monoisotopic (exact) mass is 405 g/mol. The second-order valence-corrected chi connectivity index (χ2v) is 8.59. The first-order valence-electron chi connectivity index (χ1n) is 10.1. The fourth-order valence-electron chi connectivity index (χ4n) is 4.47. The van der Waals surface area contributed by atoms with E-state index in [9.17, 15) is 9.59 Å². The molecule has 4 heterocycles. The standard InChI is InChI=1S/C23H23N3O2S/c27-22(20-7-3-11-26(20)23(28)21-8-4-14-29-21)25-12-9-16(10-13-25)18-15-24-19-6-2-1-5-17(18)19/h1-2,4-6,8-9,14-15,20,24H,3,7,10-13H2. The Morgan fingerprint density at radius 3 is 2.79 bits per heavy atom. The molecule has 0 radical (unpaired) electrons. The van der Waals surface area contributed by atoms with E-state index in [-0.39, 0.29) is 17.9 Å². The lowest BCUT2D eigenvalue weighted by Crippen LogP contribution is -2.48. The van der Waals surface area contributed by atoms with Crippen molar-refractivity contribution >= 4 is 39.6 Å². The molecule has 148 valence electrons. The fraction of sp³-hybridized carbons (Fsp3) is 0.304. The predicted octanol–water partition coefficient (Wildman–Crippen LogP) is 4.15. The van der Waals surface area contributed by atoms with Gasteiger partial charge in [0.25, 0.3) is 5.91 Å². The van der Waals surface area contributed by atoms with Crippen LogP contribution in [0.1, 0.15) is 34.5 Å². The summed E-state index contributed by atoms with van der Waals surface area (Å²) in [6.07, 6.45) is 6.70. The fourth-order valence-corrected chi connectivity index (χ4v) is 5.15. The van der Waals surface area contributed by atoms with Gasteiger partial charge in [-0.05, 0) is 42.3 Å². The van der Waals surface area contributed by atoms with Crippen LogP contribution >= 0.6 is 11.3 Å². The van der Waals surface area contributed by atoms with Gasteiger partial charge in [0, 0.05) is 42.3 Å². The predicted molar refractivity (Wildman–Crippen MR) is 116 cm³/mol. The number of thiophene rings is 1. The molecule has 1 unspecified atom stereocenters. The molecule has 2 aliphatic heterocycles. The second kappa shape index (κ2) is 7.52. The van der Waals surface area contributed by atoms with Gasteiger partial charge < -0.3 is 14.8 Å². The summed E-state index contributed by atoms with van der Waals surface area (Å²) in [5.74, 6) is 0.0736. The number of rotatable bonds is 3. The van der Waals surface area contributed by atoms with Crippen LogP contribution in [0.5, 0.6) is 0 Å². The minimum absolute atomic E-state index is 0.0112. The van der Waals surface area contributed by atoms with Gasteiger partial charge in [-0.1, -0.05) is 30.3 Å². The van der Waals surface area contributed by atoms with E-state index in [4.69, 9.17) is 0 Å². The summed E-state index contributed by atoms with van der Waals surface area (Å²) >= 11 is 1.44. The Hall–Kier alpha value is -2.86. The number of hydrogen-bond acceptors (Lipinski definition) is 3. The summed E-state index contributed by atoms with van der Waals surface area (Å²) in [4.78, 5) is 33.7. The third-order valence-corrected chi connectivity index (χ3v) is 6.84. The Bertz CT molecular complexity index is 1080. The van der Waals surface area contributed by atoms with Crippen LogP contribution in [0.2, 0.25) is 0 Å². The molecular weight excluding hydrogens is 382 g/mol. The number of carbonyl (C=O) groups excluding carboxylic acids is 2. The minimum atomic E-state index is -0.326. The smallest absolute Gasteiger partial charge is 0.264 e. The second-order valence-electron chi connectivity index (χ2n) is 7.65. The summed E-state index contributed by atoms with van der Waals surface area (Å²) in [6, 6.07) is 11.7. The third-order valence-electron chi connectivity index (χ3n) is 5.99. The summed E-state index contributed by atoms with van der Waals surface area (Å²) in [7, 11) is 0. The number of aromatic amines is 1. The van der Waals surface area contributed by atoms with Gasteiger partial charge >= 0.3 is 0 Å². The molecule has 0 spiro atoms. The van der Waals surface area contributed by atoms with Crippen molar-refractivity contribution in [3.8, 4) is 0 Å². The Morgan fingerprint density at radius 1 is 1.10 bits per heavy atom. The van der Waals surface area contributed by atoms with E-state index in [0.717, 1.165) is 24.8 Å². The average molecular weight is 406 g/mol. The average Bonchev–Trinajstić information content (AvgIpc) is 3.53. The van der Waals surface area contributed by atoms with E-state index >= 15 is 0 Å². The van der Waals surface area contributed by atoms with Crippen molar-refractivity contribution in [2.75, 3.05) is 19.6 Å². The van der Waals surface area contributed by atoms with E-state index in [1.807, 2.05) is 28.5 Å². The van der Waals surface area contributed by atoms with E-state index in [2.05, 4.69) is 35.5 Å². The molecule has 1 N–H and O–H groups in total. The zero-order valence-corrected chi connectivity index (χ0v) is 17.0. The number of amides is 2.